The Kier molecular flexibility index (Phi) is 6.06. The van der Waals surface area contributed by atoms with Crippen molar-refractivity contribution in [3.8, 4) is 17.7 Å². The molecule has 0 saturated heterocycles. The van der Waals surface area contributed by atoms with E-state index in [0.717, 1.165) is 6.26 Å². The monoisotopic (exact) mass is 411 g/mol. The van der Waals surface area contributed by atoms with Crippen molar-refractivity contribution in [3.05, 3.63) is 60.8 Å². The third kappa shape index (κ3) is 6.05. The van der Waals surface area contributed by atoms with E-state index in [1.165, 1.54) is 17.3 Å². The van der Waals surface area contributed by atoms with Gasteiger partial charge >= 0.3 is 6.03 Å². The molecule has 2 aromatic heterocycles. The van der Waals surface area contributed by atoms with Crippen molar-refractivity contribution in [1.82, 2.24) is 25.1 Å². The van der Waals surface area contributed by atoms with Gasteiger partial charge < -0.3 is 10.6 Å². The lowest BCUT2D eigenvalue weighted by atomic mass is 10.2. The number of amides is 2. The number of nitrogens with one attached hydrogen (secondary N) is 3. The second-order valence-electron chi connectivity index (χ2n) is 5.78. The molecule has 0 aliphatic heterocycles. The van der Waals surface area contributed by atoms with Crippen LogP contribution in [0.2, 0.25) is 0 Å². The highest BCUT2D eigenvalue weighted by Gasteiger charge is 2.09. The number of anilines is 2. The van der Waals surface area contributed by atoms with E-state index in [-0.39, 0.29) is 6.54 Å². The van der Waals surface area contributed by atoms with Crippen LogP contribution < -0.4 is 15.4 Å². The highest BCUT2D eigenvalue weighted by molar-refractivity contribution is 7.92. The molecule has 3 aromatic rings. The van der Waals surface area contributed by atoms with E-state index in [2.05, 4.69) is 42.3 Å². The summed E-state index contributed by atoms with van der Waals surface area (Å²) in [5.41, 5.74) is 1.49. The lowest BCUT2D eigenvalue weighted by Crippen LogP contribution is -2.29. The Morgan fingerprint density at radius 1 is 1.24 bits per heavy atom. The third-order valence-electron chi connectivity index (χ3n) is 3.41. The smallest absolute Gasteiger partial charge is 0.320 e. The van der Waals surface area contributed by atoms with Gasteiger partial charge in [-0.15, -0.1) is 0 Å². The molecule has 0 fully saturated rings. The average Bonchev–Trinajstić information content (AvgIpc) is 3.19. The van der Waals surface area contributed by atoms with Gasteiger partial charge in [0.15, 0.2) is 5.82 Å². The minimum Gasteiger partial charge on any atom is -0.327 e. The Bertz CT molecular complexity index is 1170. The molecule has 10 nitrogen and oxygen atoms in total. The van der Waals surface area contributed by atoms with Crippen molar-refractivity contribution < 1.29 is 13.2 Å². The van der Waals surface area contributed by atoms with Crippen LogP contribution in [0.4, 0.5) is 16.2 Å². The summed E-state index contributed by atoms with van der Waals surface area (Å²) in [7, 11) is -3.36. The summed E-state index contributed by atoms with van der Waals surface area (Å²) in [5.74, 6) is 6.10. The number of pyridine rings is 1. The van der Waals surface area contributed by atoms with Gasteiger partial charge in [0.2, 0.25) is 10.0 Å². The normalized spacial score (nSPS) is 10.5. The molecule has 0 spiro atoms. The summed E-state index contributed by atoms with van der Waals surface area (Å²) in [6.45, 7) is 0.0918. The molecule has 0 aliphatic rings. The van der Waals surface area contributed by atoms with Crippen molar-refractivity contribution in [2.24, 2.45) is 0 Å². The van der Waals surface area contributed by atoms with Crippen LogP contribution in [0, 0.1) is 11.8 Å². The third-order valence-corrected chi connectivity index (χ3v) is 4.01. The largest absolute Gasteiger partial charge is 0.327 e. The number of hydrogen-bond acceptors (Lipinski definition) is 6. The van der Waals surface area contributed by atoms with Crippen molar-refractivity contribution in [1.29, 1.82) is 0 Å². The van der Waals surface area contributed by atoms with Gasteiger partial charge in [0, 0.05) is 17.4 Å². The number of benzene rings is 1. The Morgan fingerprint density at radius 2 is 2.10 bits per heavy atom. The fraction of sp³-hybridized carbons (Fsp3) is 0.111. The molecule has 0 unspecified atom stereocenters. The number of sulfonamides is 1. The molecule has 0 aliphatic carbocycles. The number of carbonyl (C=O) groups is 1. The minimum atomic E-state index is -3.36. The van der Waals surface area contributed by atoms with Crippen LogP contribution in [0.5, 0.6) is 0 Å². The van der Waals surface area contributed by atoms with E-state index in [9.17, 15) is 13.2 Å². The molecular formula is C18H17N7O3S. The number of aromatic nitrogens is 4. The summed E-state index contributed by atoms with van der Waals surface area (Å²) in [5, 5.41) is 9.30. The predicted octanol–water partition coefficient (Wildman–Crippen LogP) is 1.21. The van der Waals surface area contributed by atoms with Gasteiger partial charge in [0.25, 0.3) is 0 Å². The molecular weight excluding hydrogens is 394 g/mol. The van der Waals surface area contributed by atoms with Crippen LogP contribution in [0.25, 0.3) is 5.82 Å². The molecule has 3 N–H and O–H groups in total. The van der Waals surface area contributed by atoms with Gasteiger partial charge in [-0.05, 0) is 30.3 Å². The Morgan fingerprint density at radius 3 is 2.86 bits per heavy atom. The van der Waals surface area contributed by atoms with Crippen LogP contribution in [0.3, 0.4) is 0 Å². The number of nitrogens with zero attached hydrogens (tertiary/aromatic N) is 4. The first-order chi connectivity index (χ1) is 13.9. The lowest BCUT2D eigenvalue weighted by molar-refractivity contribution is 0.253. The highest BCUT2D eigenvalue weighted by Crippen LogP contribution is 2.15. The van der Waals surface area contributed by atoms with Gasteiger partial charge in [-0.3, -0.25) is 4.72 Å². The quantitative estimate of drug-likeness (QED) is 0.541. The number of urea groups is 1. The minimum absolute atomic E-state index is 0.0918. The fourth-order valence-electron chi connectivity index (χ4n) is 2.31. The summed E-state index contributed by atoms with van der Waals surface area (Å²) >= 11 is 0. The predicted molar refractivity (Wildman–Crippen MR) is 108 cm³/mol. The van der Waals surface area contributed by atoms with Gasteiger partial charge in [0.05, 0.1) is 18.5 Å². The molecule has 2 heterocycles. The molecule has 0 saturated carbocycles. The molecule has 0 radical (unpaired) electrons. The maximum absolute atomic E-state index is 12.1. The standard InChI is InChI=1S/C18H17N7O3S/c1-29(27,28)24-15-7-2-5-14(11-15)6-3-10-21-18(26)23-16-8-4-9-20-17(16)25-13-19-12-22-25/h2,4-5,7-9,11-13,24H,10H2,1H3,(H2,21,23,26). The Hall–Kier alpha value is -3.91. The van der Waals surface area contributed by atoms with E-state index in [4.69, 9.17) is 0 Å². The molecule has 2 amide bonds. The van der Waals surface area contributed by atoms with Crippen molar-refractivity contribution >= 4 is 27.4 Å². The van der Waals surface area contributed by atoms with Crippen molar-refractivity contribution in [2.75, 3.05) is 22.8 Å². The lowest BCUT2D eigenvalue weighted by Gasteiger charge is -2.09. The second-order valence-corrected chi connectivity index (χ2v) is 7.53. The SMILES string of the molecule is CS(=O)(=O)Nc1cccc(C#CCNC(=O)Nc2cccnc2-n2cncn2)c1. The summed E-state index contributed by atoms with van der Waals surface area (Å²) in [4.78, 5) is 20.2. The number of carbonyl (C=O) groups excluding carboxylic acids is 1. The Balaban J connectivity index is 1.58. The molecule has 0 atom stereocenters. The topological polar surface area (TPSA) is 131 Å². The first-order valence-electron chi connectivity index (χ1n) is 8.32. The molecule has 148 valence electrons. The van der Waals surface area contributed by atoms with Crippen LogP contribution in [-0.4, -0.2) is 47.0 Å². The first kappa shape index (κ1) is 19.8. The van der Waals surface area contributed by atoms with Gasteiger partial charge in [-0.2, -0.15) is 5.10 Å². The van der Waals surface area contributed by atoms with Gasteiger partial charge in [-0.1, -0.05) is 17.9 Å². The zero-order valence-corrected chi connectivity index (χ0v) is 16.1. The van der Waals surface area contributed by atoms with E-state index >= 15 is 0 Å². The highest BCUT2D eigenvalue weighted by atomic mass is 32.2. The van der Waals surface area contributed by atoms with Crippen LogP contribution in [0.1, 0.15) is 5.56 Å². The maximum Gasteiger partial charge on any atom is 0.320 e. The first-order valence-corrected chi connectivity index (χ1v) is 10.2. The van der Waals surface area contributed by atoms with E-state index in [1.807, 2.05) is 0 Å². The second kappa shape index (κ2) is 8.85. The van der Waals surface area contributed by atoms with Crippen molar-refractivity contribution in [3.63, 3.8) is 0 Å². The molecule has 29 heavy (non-hydrogen) atoms. The van der Waals surface area contributed by atoms with Crippen LogP contribution in [-0.2, 0) is 10.0 Å². The fourth-order valence-corrected chi connectivity index (χ4v) is 2.86. The average molecular weight is 411 g/mol. The van der Waals surface area contributed by atoms with Gasteiger partial charge in [0.1, 0.15) is 12.7 Å². The van der Waals surface area contributed by atoms with E-state index < -0.39 is 16.1 Å². The van der Waals surface area contributed by atoms with E-state index in [0.29, 0.717) is 22.8 Å². The Labute approximate surface area is 167 Å². The maximum atomic E-state index is 12.1. The van der Waals surface area contributed by atoms with Crippen LogP contribution in [0.15, 0.2) is 55.2 Å². The number of rotatable bonds is 5. The molecule has 0 bridgehead atoms. The molecule has 3 rings (SSSR count). The van der Waals surface area contributed by atoms with Crippen molar-refractivity contribution in [2.45, 2.75) is 0 Å². The summed E-state index contributed by atoms with van der Waals surface area (Å²) in [6, 6.07) is 9.57. The van der Waals surface area contributed by atoms with E-state index in [1.54, 1.807) is 42.6 Å². The molecule has 1 aromatic carbocycles. The van der Waals surface area contributed by atoms with Gasteiger partial charge in [-0.25, -0.2) is 27.9 Å². The number of hydrogen-bond donors (Lipinski definition) is 3. The van der Waals surface area contributed by atoms with Crippen LogP contribution >= 0.6 is 0 Å². The summed E-state index contributed by atoms with van der Waals surface area (Å²) < 4.78 is 26.4. The summed E-state index contributed by atoms with van der Waals surface area (Å²) in [6.07, 6.45) is 5.50. The zero-order valence-electron chi connectivity index (χ0n) is 15.3. The molecule has 11 heteroatoms. The zero-order chi connectivity index (χ0) is 20.7.